The molecule has 0 amide bonds. The molecule has 1 aliphatic heterocycles. The highest BCUT2D eigenvalue weighted by Crippen LogP contribution is 2.18. The Hall–Kier alpha value is -1.57. The topological polar surface area (TPSA) is 38.7 Å². The molecule has 108 valence electrons. The van der Waals surface area contributed by atoms with Gasteiger partial charge in [0.2, 0.25) is 0 Å². The van der Waals surface area contributed by atoms with Crippen LogP contribution in [0.3, 0.4) is 0 Å². The fourth-order valence-corrected chi connectivity index (χ4v) is 2.08. The van der Waals surface area contributed by atoms with E-state index in [0.29, 0.717) is 24.3 Å². The summed E-state index contributed by atoms with van der Waals surface area (Å²) in [7, 11) is 0. The summed E-state index contributed by atoms with van der Waals surface area (Å²) >= 11 is 0. The Balaban J connectivity index is 1.83. The second-order valence-corrected chi connectivity index (χ2v) is 4.69. The normalized spacial score (nSPS) is 17.6. The van der Waals surface area contributed by atoms with Gasteiger partial charge in [0.25, 0.3) is 0 Å². The first-order valence-electron chi connectivity index (χ1n) is 6.93. The Morgan fingerprint density at radius 1 is 1.45 bits per heavy atom. The molecule has 1 saturated heterocycles. The van der Waals surface area contributed by atoms with Gasteiger partial charge in [0, 0.05) is 25.5 Å². The highest BCUT2D eigenvalue weighted by atomic mass is 19.1. The average molecular weight is 278 g/mol. The maximum Gasteiger partial charge on any atom is 0.142 e. The van der Waals surface area contributed by atoms with Gasteiger partial charge in [0.1, 0.15) is 11.6 Å². The number of rotatable bonds is 5. The lowest BCUT2D eigenvalue weighted by Crippen LogP contribution is -2.10. The summed E-state index contributed by atoms with van der Waals surface area (Å²) < 4.78 is 24.8. The average Bonchev–Trinajstić information content (AvgIpc) is 2.95. The number of aliphatic hydroxyl groups excluding tert-OH is 1. The molecule has 1 unspecified atom stereocenters. The molecule has 0 bridgehead atoms. The summed E-state index contributed by atoms with van der Waals surface area (Å²) in [4.78, 5) is 0. The van der Waals surface area contributed by atoms with Crippen LogP contribution in [0.5, 0.6) is 5.75 Å². The first kappa shape index (κ1) is 14.8. The Bertz CT molecular complexity index is 484. The lowest BCUT2D eigenvalue weighted by Gasteiger charge is -2.10. The molecule has 1 heterocycles. The Kier molecular flexibility index (Phi) is 5.85. The monoisotopic (exact) mass is 278 g/mol. The molecule has 1 aliphatic rings. The summed E-state index contributed by atoms with van der Waals surface area (Å²) in [6.45, 7) is 1.35. The van der Waals surface area contributed by atoms with Crippen molar-refractivity contribution in [3.8, 4) is 17.6 Å². The van der Waals surface area contributed by atoms with Gasteiger partial charge in [-0.3, -0.25) is 0 Å². The number of halogens is 1. The van der Waals surface area contributed by atoms with E-state index in [9.17, 15) is 4.39 Å². The molecule has 4 heteroatoms. The van der Waals surface area contributed by atoms with Gasteiger partial charge in [-0.05, 0) is 25.0 Å². The van der Waals surface area contributed by atoms with Gasteiger partial charge < -0.3 is 14.6 Å². The molecule has 0 aromatic heterocycles. The van der Waals surface area contributed by atoms with Gasteiger partial charge in [-0.25, -0.2) is 4.39 Å². The summed E-state index contributed by atoms with van der Waals surface area (Å²) in [6.07, 6.45) is 3.65. The van der Waals surface area contributed by atoms with E-state index in [1.807, 2.05) is 0 Å². The fourth-order valence-electron chi connectivity index (χ4n) is 2.08. The third-order valence-corrected chi connectivity index (χ3v) is 3.13. The van der Waals surface area contributed by atoms with Crippen molar-refractivity contribution in [1.82, 2.24) is 0 Å². The molecule has 20 heavy (non-hydrogen) atoms. The number of benzene rings is 1. The molecule has 1 fully saturated rings. The summed E-state index contributed by atoms with van der Waals surface area (Å²) in [5.74, 6) is 5.49. The lowest BCUT2D eigenvalue weighted by atomic mass is 10.2. The molecule has 3 nitrogen and oxygen atoms in total. The van der Waals surface area contributed by atoms with Crippen LogP contribution in [0, 0.1) is 17.7 Å². The summed E-state index contributed by atoms with van der Waals surface area (Å²) in [6, 6.07) is 4.65. The number of hydrogen-bond donors (Lipinski definition) is 1. The minimum absolute atomic E-state index is 0.0148. The number of aliphatic hydroxyl groups is 1. The molecular formula is C16H19FO3. The van der Waals surface area contributed by atoms with Crippen LogP contribution in [0.2, 0.25) is 0 Å². The van der Waals surface area contributed by atoms with Crippen molar-refractivity contribution in [1.29, 1.82) is 0 Å². The van der Waals surface area contributed by atoms with Crippen LogP contribution in [-0.2, 0) is 4.74 Å². The molecule has 2 rings (SSSR count). The van der Waals surface area contributed by atoms with Crippen molar-refractivity contribution in [2.24, 2.45) is 0 Å². The SMILES string of the molecule is OCCC#Cc1ccc(OCCC2CCCO2)cc1F. The van der Waals surface area contributed by atoms with E-state index < -0.39 is 5.82 Å². The Labute approximate surface area is 118 Å². The van der Waals surface area contributed by atoms with Crippen molar-refractivity contribution in [3.63, 3.8) is 0 Å². The molecule has 0 aliphatic carbocycles. The first-order chi connectivity index (χ1) is 9.79. The van der Waals surface area contributed by atoms with Crippen molar-refractivity contribution in [2.45, 2.75) is 31.8 Å². The van der Waals surface area contributed by atoms with Crippen LogP contribution in [0.25, 0.3) is 0 Å². The molecule has 1 atom stereocenters. The molecule has 1 N–H and O–H groups in total. The van der Waals surface area contributed by atoms with E-state index in [-0.39, 0.29) is 12.7 Å². The van der Waals surface area contributed by atoms with Crippen LogP contribution in [0.4, 0.5) is 4.39 Å². The predicted molar refractivity (Wildman–Crippen MR) is 74.1 cm³/mol. The van der Waals surface area contributed by atoms with E-state index in [1.165, 1.54) is 6.07 Å². The molecule has 0 radical (unpaired) electrons. The van der Waals surface area contributed by atoms with Crippen molar-refractivity contribution in [3.05, 3.63) is 29.6 Å². The number of ether oxygens (including phenoxy) is 2. The van der Waals surface area contributed by atoms with Crippen LogP contribution in [-0.4, -0.2) is 31.0 Å². The fraction of sp³-hybridized carbons (Fsp3) is 0.500. The Morgan fingerprint density at radius 3 is 3.05 bits per heavy atom. The molecule has 0 spiro atoms. The molecule has 0 saturated carbocycles. The van der Waals surface area contributed by atoms with Crippen LogP contribution in [0.15, 0.2) is 18.2 Å². The third-order valence-electron chi connectivity index (χ3n) is 3.13. The summed E-state index contributed by atoms with van der Waals surface area (Å²) in [5, 5.41) is 8.62. The van der Waals surface area contributed by atoms with Crippen molar-refractivity contribution >= 4 is 0 Å². The maximum absolute atomic E-state index is 13.7. The largest absolute Gasteiger partial charge is 0.493 e. The number of hydrogen-bond acceptors (Lipinski definition) is 3. The van der Waals surface area contributed by atoms with Gasteiger partial charge in [-0.15, -0.1) is 0 Å². The van der Waals surface area contributed by atoms with Gasteiger partial charge in [0.15, 0.2) is 0 Å². The van der Waals surface area contributed by atoms with Gasteiger partial charge >= 0.3 is 0 Å². The second-order valence-electron chi connectivity index (χ2n) is 4.69. The van der Waals surface area contributed by atoms with E-state index in [2.05, 4.69) is 11.8 Å². The standard InChI is InChI=1S/C16H19FO3/c17-16-12-15(7-6-13(16)4-1-2-9-18)20-11-8-14-5-3-10-19-14/h6-7,12,14,18H,2-3,5,8-11H2. The van der Waals surface area contributed by atoms with Crippen molar-refractivity contribution < 1.29 is 19.0 Å². The zero-order valence-electron chi connectivity index (χ0n) is 11.4. The minimum Gasteiger partial charge on any atom is -0.493 e. The minimum atomic E-state index is -0.398. The Morgan fingerprint density at radius 2 is 2.35 bits per heavy atom. The second kappa shape index (κ2) is 7.88. The maximum atomic E-state index is 13.7. The highest BCUT2D eigenvalue weighted by molar-refractivity contribution is 5.39. The van der Waals surface area contributed by atoms with Gasteiger partial charge in [0.05, 0.1) is 24.9 Å². The highest BCUT2D eigenvalue weighted by Gasteiger charge is 2.15. The smallest absolute Gasteiger partial charge is 0.142 e. The van der Waals surface area contributed by atoms with Crippen LogP contribution in [0.1, 0.15) is 31.2 Å². The van der Waals surface area contributed by atoms with Gasteiger partial charge in [-0.1, -0.05) is 11.8 Å². The molecule has 1 aromatic carbocycles. The van der Waals surface area contributed by atoms with Gasteiger partial charge in [-0.2, -0.15) is 0 Å². The molecular weight excluding hydrogens is 259 g/mol. The quantitative estimate of drug-likeness (QED) is 0.841. The van der Waals surface area contributed by atoms with E-state index in [1.54, 1.807) is 12.1 Å². The van der Waals surface area contributed by atoms with Crippen molar-refractivity contribution in [2.75, 3.05) is 19.8 Å². The van der Waals surface area contributed by atoms with E-state index >= 15 is 0 Å². The van der Waals surface area contributed by atoms with E-state index in [0.717, 1.165) is 25.9 Å². The summed E-state index contributed by atoms with van der Waals surface area (Å²) in [5.41, 5.74) is 0.324. The van der Waals surface area contributed by atoms with Crippen LogP contribution >= 0.6 is 0 Å². The van der Waals surface area contributed by atoms with E-state index in [4.69, 9.17) is 14.6 Å². The predicted octanol–water partition coefficient (Wildman–Crippen LogP) is 2.51. The third kappa shape index (κ3) is 4.52. The zero-order valence-corrected chi connectivity index (χ0v) is 11.4. The lowest BCUT2D eigenvalue weighted by molar-refractivity contribution is 0.0903. The first-order valence-corrected chi connectivity index (χ1v) is 6.93. The zero-order chi connectivity index (χ0) is 14.2. The van der Waals surface area contributed by atoms with Crippen LogP contribution < -0.4 is 4.74 Å². The molecule has 1 aromatic rings.